The van der Waals surface area contributed by atoms with Gasteiger partial charge in [-0.15, -0.1) is 0 Å². The van der Waals surface area contributed by atoms with Gasteiger partial charge in [-0.2, -0.15) is 0 Å². The molecule has 1 heterocycles. The van der Waals surface area contributed by atoms with E-state index in [0.717, 1.165) is 0 Å². The van der Waals surface area contributed by atoms with Crippen LogP contribution in [0.2, 0.25) is 0 Å². The van der Waals surface area contributed by atoms with Gasteiger partial charge in [0, 0.05) is 18.2 Å². The molecule has 1 aliphatic rings. The lowest BCUT2D eigenvalue weighted by atomic mass is 10.1. The van der Waals surface area contributed by atoms with E-state index in [1.165, 1.54) is 13.2 Å². The van der Waals surface area contributed by atoms with Gasteiger partial charge in [-0.3, -0.25) is 4.79 Å². The predicted octanol–water partition coefficient (Wildman–Crippen LogP) is 1.02. The highest BCUT2D eigenvalue weighted by atomic mass is 19.1. The Morgan fingerprint density at radius 2 is 2.38 bits per heavy atom. The number of hydrogen-bond donors (Lipinski definition) is 1. The van der Waals surface area contributed by atoms with Crippen molar-refractivity contribution in [1.29, 1.82) is 0 Å². The Bertz CT molecular complexity index is 398. The van der Waals surface area contributed by atoms with Gasteiger partial charge in [-0.05, 0) is 12.1 Å². The van der Waals surface area contributed by atoms with Crippen LogP contribution in [0.1, 0.15) is 11.7 Å². The van der Waals surface area contributed by atoms with Crippen molar-refractivity contribution >= 4 is 5.91 Å². The molecule has 5 heteroatoms. The quantitative estimate of drug-likeness (QED) is 0.817. The first-order valence-corrected chi connectivity index (χ1v) is 4.92. The summed E-state index contributed by atoms with van der Waals surface area (Å²) in [5.41, 5.74) is 0.431. The first-order valence-electron chi connectivity index (χ1n) is 4.92. The molecule has 2 rings (SSSR count). The molecule has 86 valence electrons. The number of benzene rings is 1. The summed E-state index contributed by atoms with van der Waals surface area (Å²) in [6.45, 7) is 0.262. The van der Waals surface area contributed by atoms with E-state index in [9.17, 15) is 9.18 Å². The maximum atomic E-state index is 13.6. The predicted molar refractivity (Wildman–Crippen MR) is 54.7 cm³/mol. The summed E-state index contributed by atoms with van der Waals surface area (Å²) < 4.78 is 23.8. The van der Waals surface area contributed by atoms with Crippen LogP contribution >= 0.6 is 0 Å². The second-order valence-electron chi connectivity index (χ2n) is 3.49. The van der Waals surface area contributed by atoms with Crippen LogP contribution in [0.4, 0.5) is 4.39 Å². The SMILES string of the molecule is COc1ccc([C@H]2CNC(=O)CO2)c(F)c1. The number of carbonyl (C=O) groups excluding carboxylic acids is 1. The first-order chi connectivity index (χ1) is 7.70. The minimum atomic E-state index is -0.427. The van der Waals surface area contributed by atoms with Crippen molar-refractivity contribution in [3.8, 4) is 5.75 Å². The van der Waals surface area contributed by atoms with Crippen LogP contribution < -0.4 is 10.1 Å². The molecule has 0 saturated carbocycles. The lowest BCUT2D eigenvalue weighted by molar-refractivity contribution is -0.133. The molecule has 1 aliphatic heterocycles. The summed E-state index contributed by atoms with van der Waals surface area (Å²) in [6.07, 6.45) is -0.427. The van der Waals surface area contributed by atoms with Crippen molar-refractivity contribution < 1.29 is 18.7 Å². The lowest BCUT2D eigenvalue weighted by Crippen LogP contribution is -2.38. The third-order valence-electron chi connectivity index (χ3n) is 2.45. The van der Waals surface area contributed by atoms with Crippen molar-refractivity contribution in [2.24, 2.45) is 0 Å². The zero-order valence-electron chi connectivity index (χ0n) is 8.83. The molecule has 1 aromatic carbocycles. The Morgan fingerprint density at radius 3 is 2.94 bits per heavy atom. The van der Waals surface area contributed by atoms with Gasteiger partial charge in [-0.25, -0.2) is 4.39 Å². The van der Waals surface area contributed by atoms with Gasteiger partial charge < -0.3 is 14.8 Å². The van der Waals surface area contributed by atoms with Crippen LogP contribution in [0.25, 0.3) is 0 Å². The molecule has 1 atom stereocenters. The molecular weight excluding hydrogens is 213 g/mol. The van der Waals surface area contributed by atoms with E-state index in [2.05, 4.69) is 5.32 Å². The molecule has 0 aliphatic carbocycles. The minimum Gasteiger partial charge on any atom is -0.497 e. The molecule has 1 saturated heterocycles. The molecule has 0 radical (unpaired) electrons. The number of amides is 1. The number of ether oxygens (including phenoxy) is 2. The standard InChI is InChI=1S/C11H12FNO3/c1-15-7-2-3-8(9(12)4-7)10-5-13-11(14)6-16-10/h2-4,10H,5-6H2,1H3,(H,13,14)/t10-/m1/s1. The van der Waals surface area contributed by atoms with E-state index in [4.69, 9.17) is 9.47 Å². The molecule has 16 heavy (non-hydrogen) atoms. The molecule has 0 aromatic heterocycles. The van der Waals surface area contributed by atoms with Gasteiger partial charge in [0.25, 0.3) is 0 Å². The highest BCUT2D eigenvalue weighted by molar-refractivity contribution is 5.77. The summed E-state index contributed by atoms with van der Waals surface area (Å²) in [5, 5.41) is 2.62. The Hall–Kier alpha value is -1.62. The van der Waals surface area contributed by atoms with Crippen LogP contribution in [0.15, 0.2) is 18.2 Å². The fourth-order valence-corrected chi connectivity index (χ4v) is 1.59. The summed E-state index contributed by atoms with van der Waals surface area (Å²) in [4.78, 5) is 10.9. The number of hydrogen-bond acceptors (Lipinski definition) is 3. The highest BCUT2D eigenvalue weighted by Gasteiger charge is 2.22. The number of rotatable bonds is 2. The van der Waals surface area contributed by atoms with E-state index >= 15 is 0 Å². The number of halogens is 1. The summed E-state index contributed by atoms with van der Waals surface area (Å²) in [5.74, 6) is -0.105. The molecule has 0 bridgehead atoms. The van der Waals surface area contributed by atoms with Crippen LogP contribution in [0.3, 0.4) is 0 Å². The lowest BCUT2D eigenvalue weighted by Gasteiger charge is -2.23. The minimum absolute atomic E-state index is 0.0316. The van der Waals surface area contributed by atoms with Crippen LogP contribution in [-0.2, 0) is 9.53 Å². The number of nitrogens with one attached hydrogen (secondary N) is 1. The third-order valence-corrected chi connectivity index (χ3v) is 2.45. The maximum absolute atomic E-state index is 13.6. The van der Waals surface area contributed by atoms with Crippen LogP contribution in [0.5, 0.6) is 5.75 Å². The van der Waals surface area contributed by atoms with E-state index < -0.39 is 6.10 Å². The zero-order valence-corrected chi connectivity index (χ0v) is 8.83. The zero-order chi connectivity index (χ0) is 11.5. The molecular formula is C11H12FNO3. The highest BCUT2D eigenvalue weighted by Crippen LogP contribution is 2.25. The molecule has 1 fully saturated rings. The average molecular weight is 225 g/mol. The monoisotopic (exact) mass is 225 g/mol. The van der Waals surface area contributed by atoms with Crippen molar-refractivity contribution in [3.63, 3.8) is 0 Å². The normalized spacial score (nSPS) is 20.4. The molecule has 0 unspecified atom stereocenters. The summed E-state index contributed by atoms with van der Waals surface area (Å²) >= 11 is 0. The Kier molecular flexibility index (Phi) is 3.05. The largest absolute Gasteiger partial charge is 0.497 e. The number of carbonyl (C=O) groups is 1. The van der Waals surface area contributed by atoms with Crippen molar-refractivity contribution in [1.82, 2.24) is 5.32 Å². The molecule has 0 spiro atoms. The van der Waals surface area contributed by atoms with Crippen molar-refractivity contribution in [2.75, 3.05) is 20.3 Å². The molecule has 1 N–H and O–H groups in total. The average Bonchev–Trinajstić information content (AvgIpc) is 2.30. The Morgan fingerprint density at radius 1 is 1.56 bits per heavy atom. The van der Waals surface area contributed by atoms with Gasteiger partial charge in [-0.1, -0.05) is 0 Å². The molecule has 1 aromatic rings. The summed E-state index contributed by atoms with van der Waals surface area (Å²) in [7, 11) is 1.48. The Labute approximate surface area is 92.4 Å². The number of methoxy groups -OCH3 is 1. The van der Waals surface area contributed by atoms with E-state index in [1.54, 1.807) is 12.1 Å². The van der Waals surface area contributed by atoms with Gasteiger partial charge in [0.05, 0.1) is 7.11 Å². The fraction of sp³-hybridized carbons (Fsp3) is 0.364. The van der Waals surface area contributed by atoms with Crippen LogP contribution in [0, 0.1) is 5.82 Å². The van der Waals surface area contributed by atoms with Gasteiger partial charge in [0.2, 0.25) is 5.91 Å². The third kappa shape index (κ3) is 2.14. The van der Waals surface area contributed by atoms with Crippen LogP contribution in [-0.4, -0.2) is 26.2 Å². The first kappa shape index (κ1) is 10.9. The van der Waals surface area contributed by atoms with E-state index in [1.807, 2.05) is 0 Å². The fourth-order valence-electron chi connectivity index (χ4n) is 1.59. The van der Waals surface area contributed by atoms with E-state index in [0.29, 0.717) is 17.9 Å². The second-order valence-corrected chi connectivity index (χ2v) is 3.49. The summed E-state index contributed by atoms with van der Waals surface area (Å²) in [6, 6.07) is 4.57. The van der Waals surface area contributed by atoms with Crippen molar-refractivity contribution in [2.45, 2.75) is 6.10 Å². The molecule has 1 amide bonds. The van der Waals surface area contributed by atoms with Gasteiger partial charge >= 0.3 is 0 Å². The second kappa shape index (κ2) is 4.49. The number of morpholine rings is 1. The topological polar surface area (TPSA) is 47.6 Å². The smallest absolute Gasteiger partial charge is 0.246 e. The van der Waals surface area contributed by atoms with E-state index in [-0.39, 0.29) is 18.3 Å². The molecule has 4 nitrogen and oxygen atoms in total. The van der Waals surface area contributed by atoms with Crippen molar-refractivity contribution in [3.05, 3.63) is 29.6 Å². The maximum Gasteiger partial charge on any atom is 0.246 e. The van der Waals surface area contributed by atoms with Gasteiger partial charge in [0.15, 0.2) is 0 Å². The Balaban J connectivity index is 2.17. The van der Waals surface area contributed by atoms with Gasteiger partial charge in [0.1, 0.15) is 24.3 Å².